The number of halogens is 3. The predicted molar refractivity (Wildman–Crippen MR) is 119 cm³/mol. The number of aromatic nitrogens is 2. The minimum atomic E-state index is -5.08. The Hall–Kier alpha value is -3.11. The first kappa shape index (κ1) is 24.5. The molecule has 10 heteroatoms. The van der Waals surface area contributed by atoms with Gasteiger partial charge in [0.1, 0.15) is 0 Å². The van der Waals surface area contributed by atoms with E-state index >= 15 is 0 Å². The van der Waals surface area contributed by atoms with Gasteiger partial charge < -0.3 is 25.0 Å². The fourth-order valence-electron chi connectivity index (χ4n) is 3.83. The van der Waals surface area contributed by atoms with E-state index in [1.54, 1.807) is 7.11 Å². The van der Waals surface area contributed by atoms with Gasteiger partial charge in [-0.3, -0.25) is 4.98 Å². The molecule has 7 nitrogen and oxygen atoms in total. The third-order valence-corrected chi connectivity index (χ3v) is 5.50. The van der Waals surface area contributed by atoms with Gasteiger partial charge in [-0.2, -0.15) is 13.2 Å². The molecule has 1 aliphatic heterocycles. The maximum absolute atomic E-state index is 10.6. The highest BCUT2D eigenvalue weighted by molar-refractivity contribution is 5.80. The minimum absolute atomic E-state index is 0.217. The maximum Gasteiger partial charge on any atom is 0.490 e. The van der Waals surface area contributed by atoms with Crippen LogP contribution in [0, 0.1) is 0 Å². The van der Waals surface area contributed by atoms with Crippen LogP contribution >= 0.6 is 0 Å². The number of alkyl halides is 3. The Morgan fingerprint density at radius 3 is 2.64 bits per heavy atom. The van der Waals surface area contributed by atoms with Crippen molar-refractivity contribution in [3.05, 3.63) is 60.6 Å². The van der Waals surface area contributed by atoms with Crippen LogP contribution in [-0.2, 0) is 9.53 Å². The molecule has 0 saturated carbocycles. The van der Waals surface area contributed by atoms with Crippen LogP contribution in [0.25, 0.3) is 10.9 Å². The van der Waals surface area contributed by atoms with Gasteiger partial charge in [0.2, 0.25) is 0 Å². The van der Waals surface area contributed by atoms with E-state index in [0.29, 0.717) is 12.6 Å². The third-order valence-electron chi connectivity index (χ3n) is 5.50. The van der Waals surface area contributed by atoms with Gasteiger partial charge in [0.15, 0.2) is 0 Å². The molecule has 1 fully saturated rings. The number of rotatable bonds is 6. The molecule has 4 rings (SSSR count). The number of ether oxygens (including phenoxy) is 1. The molecule has 3 heterocycles. The smallest absolute Gasteiger partial charge is 0.475 e. The summed E-state index contributed by atoms with van der Waals surface area (Å²) in [6.45, 7) is 2.79. The maximum atomic E-state index is 10.6. The first-order chi connectivity index (χ1) is 15.8. The van der Waals surface area contributed by atoms with Crippen LogP contribution in [-0.4, -0.2) is 60.1 Å². The van der Waals surface area contributed by atoms with E-state index in [1.165, 1.54) is 22.2 Å². The zero-order valence-electron chi connectivity index (χ0n) is 18.2. The second-order valence-electron chi connectivity index (χ2n) is 7.77. The van der Waals surface area contributed by atoms with E-state index in [0.717, 1.165) is 25.9 Å². The molecule has 3 N–H and O–H groups in total. The number of nitrogens with one attached hydrogen (secondary N) is 2. The van der Waals surface area contributed by atoms with E-state index in [-0.39, 0.29) is 6.04 Å². The lowest BCUT2D eigenvalue weighted by atomic mass is 10.00. The number of H-pyrrole nitrogens is 1. The first-order valence-electron chi connectivity index (χ1n) is 10.5. The van der Waals surface area contributed by atoms with E-state index in [1.807, 2.05) is 24.7 Å². The summed E-state index contributed by atoms with van der Waals surface area (Å²) < 4.78 is 37.2. The Kier molecular flexibility index (Phi) is 8.29. The second-order valence-corrected chi connectivity index (χ2v) is 7.77. The molecule has 3 aromatic rings. The first-order valence-corrected chi connectivity index (χ1v) is 10.5. The molecule has 0 bridgehead atoms. The summed E-state index contributed by atoms with van der Waals surface area (Å²) in [6, 6.07) is 13.6. The van der Waals surface area contributed by atoms with E-state index in [2.05, 4.69) is 50.5 Å². The monoisotopic (exact) mass is 464 g/mol. The van der Waals surface area contributed by atoms with Crippen molar-refractivity contribution in [3.63, 3.8) is 0 Å². The van der Waals surface area contributed by atoms with E-state index in [4.69, 9.17) is 14.6 Å². The molecule has 33 heavy (non-hydrogen) atoms. The lowest BCUT2D eigenvalue weighted by Crippen LogP contribution is -2.44. The fourth-order valence-corrected chi connectivity index (χ4v) is 3.83. The number of hydrogen-bond donors (Lipinski definition) is 3. The summed E-state index contributed by atoms with van der Waals surface area (Å²) in [5, 5.41) is 12.2. The van der Waals surface area contributed by atoms with Crippen LogP contribution in [0.3, 0.4) is 0 Å². The highest BCUT2D eigenvalue weighted by atomic mass is 19.4. The van der Waals surface area contributed by atoms with Crippen molar-refractivity contribution in [1.29, 1.82) is 0 Å². The molecule has 178 valence electrons. The summed E-state index contributed by atoms with van der Waals surface area (Å²) in [4.78, 5) is 18.8. The predicted octanol–water partition coefficient (Wildman–Crippen LogP) is 4.14. The van der Waals surface area contributed by atoms with Gasteiger partial charge in [0.05, 0.1) is 24.5 Å². The van der Waals surface area contributed by atoms with E-state index in [9.17, 15) is 13.2 Å². The van der Waals surface area contributed by atoms with Crippen LogP contribution in [0.4, 0.5) is 18.9 Å². The number of methoxy groups -OCH3 is 1. The Morgan fingerprint density at radius 1 is 1.30 bits per heavy atom. The molecule has 1 atom stereocenters. The molecule has 0 aliphatic carbocycles. The number of aromatic amines is 1. The SMILES string of the molecule is COCC(NC1CCN(c2cccnc2)CC1)c1ccc2[nH]ccc2c1.O=C(O)C(F)(F)F. The number of pyridine rings is 1. The lowest BCUT2D eigenvalue weighted by molar-refractivity contribution is -0.192. The van der Waals surface area contributed by atoms with Crippen LogP contribution in [0.1, 0.15) is 24.4 Å². The molecule has 1 unspecified atom stereocenters. The molecular weight excluding hydrogens is 437 g/mol. The number of carboxylic acids is 1. The van der Waals surface area contributed by atoms with Gasteiger partial charge in [0, 0.05) is 44.2 Å². The number of carbonyl (C=O) groups is 1. The van der Waals surface area contributed by atoms with Gasteiger partial charge in [0.25, 0.3) is 0 Å². The highest BCUT2D eigenvalue weighted by Crippen LogP contribution is 2.24. The summed E-state index contributed by atoms with van der Waals surface area (Å²) in [5.74, 6) is -2.76. The number of fused-ring (bicyclic) bond motifs is 1. The number of aliphatic carboxylic acids is 1. The minimum Gasteiger partial charge on any atom is -0.475 e. The number of anilines is 1. The number of piperidine rings is 1. The van der Waals surface area contributed by atoms with Crippen molar-refractivity contribution in [1.82, 2.24) is 15.3 Å². The van der Waals surface area contributed by atoms with Crippen LogP contribution in [0.15, 0.2) is 55.0 Å². The van der Waals surface area contributed by atoms with Gasteiger partial charge in [-0.15, -0.1) is 0 Å². The Bertz CT molecular complexity index is 1020. The van der Waals surface area contributed by atoms with Gasteiger partial charge in [-0.05, 0) is 54.1 Å². The summed E-state index contributed by atoms with van der Waals surface area (Å²) in [7, 11) is 1.77. The molecule has 1 saturated heterocycles. The topological polar surface area (TPSA) is 90.5 Å². The van der Waals surface area contributed by atoms with Gasteiger partial charge in [-0.25, -0.2) is 4.79 Å². The third kappa shape index (κ3) is 6.93. The van der Waals surface area contributed by atoms with Crippen LogP contribution < -0.4 is 10.2 Å². The summed E-state index contributed by atoms with van der Waals surface area (Å²) >= 11 is 0. The Morgan fingerprint density at radius 2 is 2.03 bits per heavy atom. The number of carboxylic acid groups (broad SMARTS) is 1. The largest absolute Gasteiger partial charge is 0.490 e. The lowest BCUT2D eigenvalue weighted by Gasteiger charge is -2.35. The standard InChI is InChI=1S/C21H26N4O.C2HF3O2/c1-26-15-21(16-4-5-20-17(13-16)6-10-23-20)24-18-7-11-25(12-8-18)19-3-2-9-22-14-19;3-2(4,5)1(6)7/h2-6,9-10,13-14,18,21,23-24H,7-8,11-12,15H2,1H3;(H,6,7). The molecule has 1 aromatic carbocycles. The summed E-state index contributed by atoms with van der Waals surface area (Å²) in [5.41, 5.74) is 3.68. The van der Waals surface area contributed by atoms with Gasteiger partial charge in [-0.1, -0.05) is 6.07 Å². The average Bonchev–Trinajstić information content (AvgIpc) is 3.28. The Balaban J connectivity index is 0.000000383. The van der Waals surface area contributed by atoms with Gasteiger partial charge >= 0.3 is 12.1 Å². The van der Waals surface area contributed by atoms with Crippen LogP contribution in [0.2, 0.25) is 0 Å². The number of benzene rings is 1. The number of nitrogens with zero attached hydrogens (tertiary/aromatic N) is 2. The number of hydrogen-bond acceptors (Lipinski definition) is 5. The van der Waals surface area contributed by atoms with Crippen molar-refractivity contribution in [2.45, 2.75) is 31.1 Å². The molecule has 2 aromatic heterocycles. The normalized spacial score (nSPS) is 15.7. The molecule has 1 aliphatic rings. The van der Waals surface area contributed by atoms with Crippen LogP contribution in [0.5, 0.6) is 0 Å². The molecule has 0 radical (unpaired) electrons. The van der Waals surface area contributed by atoms with Crippen molar-refractivity contribution < 1.29 is 27.8 Å². The zero-order chi connectivity index (χ0) is 23.8. The molecule has 0 amide bonds. The molecule has 0 spiro atoms. The highest BCUT2D eigenvalue weighted by Gasteiger charge is 2.38. The molecular formula is C23H27F3N4O3. The zero-order valence-corrected chi connectivity index (χ0v) is 18.2. The average molecular weight is 464 g/mol. The fraction of sp³-hybridized carbons (Fsp3) is 0.391. The Labute approximate surface area is 189 Å². The van der Waals surface area contributed by atoms with E-state index < -0.39 is 12.1 Å². The van der Waals surface area contributed by atoms with Crippen molar-refractivity contribution in [2.75, 3.05) is 31.7 Å². The quantitative estimate of drug-likeness (QED) is 0.508. The van der Waals surface area contributed by atoms with Crippen molar-refractivity contribution in [3.8, 4) is 0 Å². The van der Waals surface area contributed by atoms with Crippen molar-refractivity contribution >= 4 is 22.6 Å². The second kappa shape index (κ2) is 11.2. The summed E-state index contributed by atoms with van der Waals surface area (Å²) in [6.07, 6.45) is 2.94. The van der Waals surface area contributed by atoms with Crippen molar-refractivity contribution in [2.24, 2.45) is 0 Å².